The molecule has 0 radical (unpaired) electrons. The normalized spacial score (nSPS) is 11.9. The van der Waals surface area contributed by atoms with Gasteiger partial charge < -0.3 is 10.2 Å². The summed E-state index contributed by atoms with van der Waals surface area (Å²) in [5, 5.41) is 2.88. The average Bonchev–Trinajstić information content (AvgIpc) is 2.66. The van der Waals surface area contributed by atoms with Gasteiger partial charge in [0.1, 0.15) is 11.9 Å². The molecular weight excluding hydrogens is 387 g/mol. The molecule has 0 spiro atoms. The molecule has 0 bridgehead atoms. The Morgan fingerprint density at radius 2 is 1.83 bits per heavy atom. The molecule has 0 saturated heterocycles. The first-order valence-electron chi connectivity index (χ1n) is 9.74. The summed E-state index contributed by atoms with van der Waals surface area (Å²) in [6, 6.07) is 13.9. The van der Waals surface area contributed by atoms with Gasteiger partial charge in [-0.2, -0.15) is 0 Å². The van der Waals surface area contributed by atoms with E-state index in [1.807, 2.05) is 45.0 Å². The highest BCUT2D eigenvalue weighted by Gasteiger charge is 2.26. The molecule has 0 saturated carbocycles. The van der Waals surface area contributed by atoms with Gasteiger partial charge in [-0.1, -0.05) is 48.0 Å². The van der Waals surface area contributed by atoms with Crippen LogP contribution >= 0.6 is 11.8 Å². The minimum Gasteiger partial charge on any atom is -0.352 e. The molecule has 2 aromatic rings. The van der Waals surface area contributed by atoms with Crippen LogP contribution in [0.1, 0.15) is 37.5 Å². The fraction of sp³-hybridized carbons (Fsp3) is 0.391. The summed E-state index contributed by atoms with van der Waals surface area (Å²) < 4.78 is 13.8. The molecule has 2 rings (SSSR count). The number of carbonyl (C=O) groups is 2. The molecule has 2 aromatic carbocycles. The molecule has 0 aliphatic rings. The number of thioether (sulfide) groups is 1. The molecule has 1 unspecified atom stereocenters. The molecule has 0 aromatic heterocycles. The number of carbonyl (C=O) groups excluding carboxylic acids is 2. The van der Waals surface area contributed by atoms with Gasteiger partial charge in [0.15, 0.2) is 0 Å². The van der Waals surface area contributed by atoms with E-state index in [4.69, 9.17) is 0 Å². The van der Waals surface area contributed by atoms with Crippen molar-refractivity contribution in [2.45, 2.75) is 52.1 Å². The van der Waals surface area contributed by atoms with Crippen molar-refractivity contribution in [1.82, 2.24) is 10.2 Å². The predicted octanol–water partition coefficient (Wildman–Crippen LogP) is 4.31. The van der Waals surface area contributed by atoms with Gasteiger partial charge in [-0.05, 0) is 44.9 Å². The van der Waals surface area contributed by atoms with E-state index < -0.39 is 6.04 Å². The van der Waals surface area contributed by atoms with Crippen LogP contribution in [0.4, 0.5) is 4.39 Å². The maximum absolute atomic E-state index is 13.8. The fourth-order valence-electron chi connectivity index (χ4n) is 2.94. The van der Waals surface area contributed by atoms with E-state index in [0.29, 0.717) is 17.9 Å². The SMILES string of the molecule is Cc1cccc(CN(C(=O)CSCc2ccccc2F)C(C)C(=O)NC(C)C)c1. The quantitative estimate of drug-likeness (QED) is 0.663. The Bertz CT molecular complexity index is 841. The summed E-state index contributed by atoms with van der Waals surface area (Å²) in [5.74, 6) is -0.00369. The van der Waals surface area contributed by atoms with E-state index >= 15 is 0 Å². The Morgan fingerprint density at radius 1 is 1.10 bits per heavy atom. The number of nitrogens with one attached hydrogen (secondary N) is 1. The summed E-state index contributed by atoms with van der Waals surface area (Å²) >= 11 is 1.35. The van der Waals surface area contributed by atoms with E-state index in [1.54, 1.807) is 30.0 Å². The first kappa shape index (κ1) is 22.9. The molecule has 0 aliphatic heterocycles. The van der Waals surface area contributed by atoms with Gasteiger partial charge in [0, 0.05) is 18.3 Å². The maximum Gasteiger partial charge on any atom is 0.242 e. The molecular formula is C23H29FN2O2S. The second kappa shape index (κ2) is 11.0. The lowest BCUT2D eigenvalue weighted by molar-refractivity contribution is -0.138. The molecule has 1 atom stereocenters. The highest BCUT2D eigenvalue weighted by atomic mass is 32.2. The Balaban J connectivity index is 2.09. The zero-order chi connectivity index (χ0) is 21.4. The van der Waals surface area contributed by atoms with Crippen LogP contribution < -0.4 is 5.32 Å². The molecule has 0 heterocycles. The highest BCUT2D eigenvalue weighted by molar-refractivity contribution is 7.99. The van der Waals surface area contributed by atoms with Crippen LogP contribution in [0.2, 0.25) is 0 Å². The van der Waals surface area contributed by atoms with Gasteiger partial charge in [-0.15, -0.1) is 11.8 Å². The smallest absolute Gasteiger partial charge is 0.242 e. The lowest BCUT2D eigenvalue weighted by Crippen LogP contribution is -2.49. The minimum atomic E-state index is -0.598. The molecule has 0 aliphatic carbocycles. The Labute approximate surface area is 176 Å². The van der Waals surface area contributed by atoms with Crippen LogP contribution in [-0.2, 0) is 21.9 Å². The zero-order valence-electron chi connectivity index (χ0n) is 17.4. The molecule has 29 heavy (non-hydrogen) atoms. The van der Waals surface area contributed by atoms with Crippen molar-refractivity contribution in [3.63, 3.8) is 0 Å². The molecule has 0 fully saturated rings. The van der Waals surface area contributed by atoms with Crippen LogP contribution in [-0.4, -0.2) is 34.6 Å². The van der Waals surface area contributed by atoms with E-state index in [-0.39, 0.29) is 29.4 Å². The number of halogens is 1. The Morgan fingerprint density at radius 3 is 2.48 bits per heavy atom. The largest absolute Gasteiger partial charge is 0.352 e. The lowest BCUT2D eigenvalue weighted by Gasteiger charge is -2.29. The Hall–Kier alpha value is -2.34. The second-order valence-corrected chi connectivity index (χ2v) is 8.42. The van der Waals surface area contributed by atoms with Crippen LogP contribution in [0, 0.1) is 12.7 Å². The van der Waals surface area contributed by atoms with Crippen LogP contribution in [0.15, 0.2) is 48.5 Å². The predicted molar refractivity (Wildman–Crippen MR) is 117 cm³/mol. The number of aryl methyl sites for hydroxylation is 1. The third-order valence-corrected chi connectivity index (χ3v) is 5.44. The number of hydrogen-bond donors (Lipinski definition) is 1. The monoisotopic (exact) mass is 416 g/mol. The third kappa shape index (κ3) is 7.20. The van der Waals surface area contributed by atoms with Gasteiger partial charge in [0.05, 0.1) is 5.75 Å². The number of rotatable bonds is 9. The summed E-state index contributed by atoms with van der Waals surface area (Å²) in [7, 11) is 0. The third-order valence-electron chi connectivity index (χ3n) is 4.47. The lowest BCUT2D eigenvalue weighted by atomic mass is 10.1. The van der Waals surface area contributed by atoms with E-state index in [9.17, 15) is 14.0 Å². The van der Waals surface area contributed by atoms with Crippen molar-refractivity contribution in [1.29, 1.82) is 0 Å². The first-order chi connectivity index (χ1) is 13.8. The number of hydrogen-bond acceptors (Lipinski definition) is 3. The number of amides is 2. The minimum absolute atomic E-state index is 0.00342. The summed E-state index contributed by atoms with van der Waals surface area (Å²) in [6.07, 6.45) is 0. The maximum atomic E-state index is 13.8. The summed E-state index contributed by atoms with van der Waals surface area (Å²) in [5.41, 5.74) is 2.64. The second-order valence-electron chi connectivity index (χ2n) is 7.43. The number of benzene rings is 2. The van der Waals surface area contributed by atoms with Crippen molar-refractivity contribution in [3.05, 3.63) is 71.0 Å². The molecule has 156 valence electrons. The van der Waals surface area contributed by atoms with Crippen LogP contribution in [0.3, 0.4) is 0 Å². The molecule has 4 nitrogen and oxygen atoms in total. The van der Waals surface area contributed by atoms with Crippen molar-refractivity contribution < 1.29 is 14.0 Å². The summed E-state index contributed by atoms with van der Waals surface area (Å²) in [4.78, 5) is 27.1. The van der Waals surface area contributed by atoms with Crippen molar-refractivity contribution in [2.75, 3.05) is 5.75 Å². The van der Waals surface area contributed by atoms with E-state index in [2.05, 4.69) is 5.32 Å². The van der Waals surface area contributed by atoms with Crippen LogP contribution in [0.25, 0.3) is 0 Å². The topological polar surface area (TPSA) is 49.4 Å². The first-order valence-corrected chi connectivity index (χ1v) is 10.9. The van der Waals surface area contributed by atoms with Crippen molar-refractivity contribution >= 4 is 23.6 Å². The molecule has 2 amide bonds. The zero-order valence-corrected chi connectivity index (χ0v) is 18.3. The van der Waals surface area contributed by atoms with Crippen LogP contribution in [0.5, 0.6) is 0 Å². The van der Waals surface area contributed by atoms with Crippen molar-refractivity contribution in [2.24, 2.45) is 0 Å². The highest BCUT2D eigenvalue weighted by Crippen LogP contribution is 2.18. The molecule has 6 heteroatoms. The van der Waals surface area contributed by atoms with Crippen molar-refractivity contribution in [3.8, 4) is 0 Å². The molecule has 1 N–H and O–H groups in total. The van der Waals surface area contributed by atoms with Gasteiger partial charge in [0.2, 0.25) is 11.8 Å². The van der Waals surface area contributed by atoms with Gasteiger partial charge in [-0.3, -0.25) is 9.59 Å². The van der Waals surface area contributed by atoms with E-state index in [1.165, 1.54) is 17.8 Å². The fourth-order valence-corrected chi connectivity index (χ4v) is 3.84. The summed E-state index contributed by atoms with van der Waals surface area (Å²) in [6.45, 7) is 7.87. The average molecular weight is 417 g/mol. The number of nitrogens with zero attached hydrogens (tertiary/aromatic N) is 1. The standard InChI is InChI=1S/C23H29FN2O2S/c1-16(2)25-23(28)18(4)26(13-19-9-7-8-17(3)12-19)22(27)15-29-14-20-10-5-6-11-21(20)24/h5-12,16,18H,13-15H2,1-4H3,(H,25,28). The van der Waals surface area contributed by atoms with Gasteiger partial charge in [0.25, 0.3) is 0 Å². The van der Waals surface area contributed by atoms with E-state index in [0.717, 1.165) is 11.1 Å². The van der Waals surface area contributed by atoms with Gasteiger partial charge >= 0.3 is 0 Å². The Kier molecular flexibility index (Phi) is 8.70. The van der Waals surface area contributed by atoms with Gasteiger partial charge in [-0.25, -0.2) is 4.39 Å².